The molecular formula is C3H7LiOS2. The molecule has 0 aliphatic carbocycles. The third kappa shape index (κ3) is 10.9. The van der Waals surface area contributed by atoms with Crippen LogP contribution >= 0.6 is 24.8 Å². The molecule has 0 aliphatic rings. The van der Waals surface area contributed by atoms with Crippen LogP contribution in [0.3, 0.4) is 0 Å². The molecule has 0 aliphatic heterocycles. The zero-order valence-electron chi connectivity index (χ0n) is 3.47. The van der Waals surface area contributed by atoms with Gasteiger partial charge < -0.3 is 4.74 Å². The van der Waals surface area contributed by atoms with Gasteiger partial charge in [0.15, 0.2) is 0 Å². The maximum absolute atomic E-state index is 4.64. The molecule has 0 heterocycles. The molecule has 4 heteroatoms. The summed E-state index contributed by atoms with van der Waals surface area (Å²) >= 11 is 8.12. The summed E-state index contributed by atoms with van der Waals surface area (Å²) in [7, 11) is 0. The number of thiocarbonyl (C=S) groups is 1. The van der Waals surface area contributed by atoms with E-state index >= 15 is 0 Å². The Kier molecular flexibility index (Phi) is 10.5. The van der Waals surface area contributed by atoms with Gasteiger partial charge in [-0.2, -0.15) is 0 Å². The SMILES string of the molecule is CCOC(=S)S.[LiH]. The molecule has 0 saturated carbocycles. The van der Waals surface area contributed by atoms with Crippen LogP contribution in [0.25, 0.3) is 0 Å². The molecule has 0 saturated heterocycles. The van der Waals surface area contributed by atoms with Crippen LogP contribution in [0.2, 0.25) is 0 Å². The summed E-state index contributed by atoms with van der Waals surface area (Å²) in [4.78, 5) is 0. The predicted octanol–water partition coefficient (Wildman–Crippen LogP) is 0.589. The molecular weight excluding hydrogens is 123 g/mol. The van der Waals surface area contributed by atoms with Gasteiger partial charge in [0, 0.05) is 0 Å². The summed E-state index contributed by atoms with van der Waals surface area (Å²) < 4.78 is 4.95. The van der Waals surface area contributed by atoms with Gasteiger partial charge in [0.05, 0.1) is 6.61 Å². The second kappa shape index (κ2) is 6.84. The van der Waals surface area contributed by atoms with E-state index < -0.39 is 0 Å². The Labute approximate surface area is 66.4 Å². The number of hydrogen-bond acceptors (Lipinski definition) is 2. The summed E-state index contributed by atoms with van der Waals surface area (Å²) in [5.41, 5.74) is 0. The fraction of sp³-hybridized carbons (Fsp3) is 0.667. The van der Waals surface area contributed by atoms with E-state index in [9.17, 15) is 0 Å². The van der Waals surface area contributed by atoms with E-state index in [0.717, 1.165) is 0 Å². The van der Waals surface area contributed by atoms with E-state index in [1.807, 2.05) is 6.92 Å². The Morgan fingerprint density at radius 2 is 2.29 bits per heavy atom. The molecule has 0 spiro atoms. The molecule has 0 aromatic rings. The molecule has 0 aromatic heterocycles. The van der Waals surface area contributed by atoms with Gasteiger partial charge in [0.2, 0.25) is 4.38 Å². The van der Waals surface area contributed by atoms with Crippen LogP contribution in [-0.2, 0) is 4.74 Å². The number of rotatable bonds is 1. The summed E-state index contributed by atoms with van der Waals surface area (Å²) in [6, 6.07) is 0. The number of ether oxygens (including phenoxy) is 1. The van der Waals surface area contributed by atoms with Gasteiger partial charge in [-0.3, -0.25) is 0 Å². The van der Waals surface area contributed by atoms with E-state index in [0.29, 0.717) is 11.0 Å². The third-order valence-electron chi connectivity index (χ3n) is 0.268. The van der Waals surface area contributed by atoms with E-state index in [4.69, 9.17) is 0 Å². The van der Waals surface area contributed by atoms with Gasteiger partial charge >= 0.3 is 18.9 Å². The minimum absolute atomic E-state index is 0. The standard InChI is InChI=1S/C3H6OS2.Li.H/c1-2-4-3(5)6;;/h2H2,1H3,(H,5,6);;. The van der Waals surface area contributed by atoms with Gasteiger partial charge in [-0.15, -0.1) is 0 Å². The van der Waals surface area contributed by atoms with Gasteiger partial charge in [-0.05, 0) is 19.1 Å². The average Bonchev–Trinajstić information content (AvgIpc) is 1.35. The first kappa shape index (κ1) is 10.8. The molecule has 0 fully saturated rings. The van der Waals surface area contributed by atoms with Crippen molar-refractivity contribution in [3.05, 3.63) is 0 Å². The van der Waals surface area contributed by atoms with E-state index in [1.54, 1.807) is 0 Å². The van der Waals surface area contributed by atoms with Crippen LogP contribution in [0.4, 0.5) is 0 Å². The average molecular weight is 130 g/mol. The van der Waals surface area contributed by atoms with E-state index in [1.165, 1.54) is 0 Å². The minimum atomic E-state index is 0. The Morgan fingerprint density at radius 1 is 1.86 bits per heavy atom. The molecule has 0 radical (unpaired) electrons. The normalized spacial score (nSPS) is 6.57. The summed E-state index contributed by atoms with van der Waals surface area (Å²) in [6.45, 7) is 2.48. The van der Waals surface area contributed by atoms with Crippen molar-refractivity contribution in [3.63, 3.8) is 0 Å². The fourth-order valence-corrected chi connectivity index (χ4v) is 0.370. The Balaban J connectivity index is 0. The molecule has 38 valence electrons. The first-order chi connectivity index (χ1) is 2.77. The molecule has 0 atom stereocenters. The third-order valence-corrected chi connectivity index (χ3v) is 0.515. The predicted molar refractivity (Wildman–Crippen MR) is 40.4 cm³/mol. The van der Waals surface area contributed by atoms with Crippen molar-refractivity contribution in [3.8, 4) is 0 Å². The molecule has 0 bridgehead atoms. The zero-order chi connectivity index (χ0) is 4.99. The Morgan fingerprint density at radius 3 is 2.29 bits per heavy atom. The van der Waals surface area contributed by atoms with Crippen molar-refractivity contribution in [2.45, 2.75) is 6.92 Å². The summed E-state index contributed by atoms with van der Waals surface area (Å²) in [5.74, 6) is 0. The van der Waals surface area contributed by atoms with Crippen LogP contribution in [0.15, 0.2) is 0 Å². The van der Waals surface area contributed by atoms with Crippen LogP contribution in [0, 0.1) is 0 Å². The van der Waals surface area contributed by atoms with Crippen molar-refractivity contribution >= 4 is 48.1 Å². The van der Waals surface area contributed by atoms with E-state index in [2.05, 4.69) is 29.6 Å². The quantitative estimate of drug-likeness (QED) is 0.316. The maximum atomic E-state index is 4.64. The fourth-order valence-electron chi connectivity index (χ4n) is 0.123. The zero-order valence-corrected chi connectivity index (χ0v) is 5.18. The summed E-state index contributed by atoms with van der Waals surface area (Å²) in [6.07, 6.45) is 0. The second-order valence-electron chi connectivity index (χ2n) is 0.699. The molecule has 0 unspecified atom stereocenters. The van der Waals surface area contributed by atoms with Crippen LogP contribution < -0.4 is 0 Å². The summed E-state index contributed by atoms with van der Waals surface area (Å²) in [5, 5.41) is 0. The van der Waals surface area contributed by atoms with Gasteiger partial charge in [-0.25, -0.2) is 0 Å². The van der Waals surface area contributed by atoms with Crippen molar-refractivity contribution < 1.29 is 4.74 Å². The first-order valence-corrected chi connectivity index (χ1v) is 2.48. The topological polar surface area (TPSA) is 9.23 Å². The molecule has 0 N–H and O–H groups in total. The molecule has 0 aromatic carbocycles. The van der Waals surface area contributed by atoms with Crippen molar-refractivity contribution in [2.24, 2.45) is 0 Å². The van der Waals surface area contributed by atoms with E-state index in [-0.39, 0.29) is 18.9 Å². The van der Waals surface area contributed by atoms with Crippen molar-refractivity contribution in [2.75, 3.05) is 6.61 Å². The van der Waals surface area contributed by atoms with Crippen LogP contribution in [0.5, 0.6) is 0 Å². The molecule has 1 nitrogen and oxygen atoms in total. The molecule has 0 rings (SSSR count). The van der Waals surface area contributed by atoms with Gasteiger partial charge in [0.25, 0.3) is 0 Å². The second-order valence-corrected chi connectivity index (χ2v) is 1.78. The van der Waals surface area contributed by atoms with Gasteiger partial charge in [-0.1, -0.05) is 12.6 Å². The molecule has 0 amide bonds. The van der Waals surface area contributed by atoms with Crippen molar-refractivity contribution in [1.29, 1.82) is 0 Å². The first-order valence-electron chi connectivity index (χ1n) is 1.63. The van der Waals surface area contributed by atoms with Crippen molar-refractivity contribution in [1.82, 2.24) is 0 Å². The van der Waals surface area contributed by atoms with Gasteiger partial charge in [0.1, 0.15) is 0 Å². The van der Waals surface area contributed by atoms with Crippen LogP contribution in [-0.4, -0.2) is 29.9 Å². The Hall–Kier alpha value is 0.837. The van der Waals surface area contributed by atoms with Crippen LogP contribution in [0.1, 0.15) is 6.92 Å². The number of thiol groups is 1. The Bertz CT molecular complexity index is 56.9. The molecule has 7 heavy (non-hydrogen) atoms. The monoisotopic (exact) mass is 130 g/mol. The number of hydrogen-bond donors (Lipinski definition) is 1.